The van der Waals surface area contributed by atoms with Gasteiger partial charge < -0.3 is 0 Å². The maximum absolute atomic E-state index is 11.4. The van der Waals surface area contributed by atoms with E-state index in [1.807, 2.05) is 17.5 Å². The molecule has 2 rings (SSSR count). The SMILES string of the molecule is O=c1[nH]c(Cl)ncc1-c1cccs1. The van der Waals surface area contributed by atoms with Gasteiger partial charge in [0.05, 0.1) is 5.56 Å². The van der Waals surface area contributed by atoms with E-state index in [0.29, 0.717) is 5.56 Å². The summed E-state index contributed by atoms with van der Waals surface area (Å²) >= 11 is 7.01. The van der Waals surface area contributed by atoms with Crippen LogP contribution in [0.15, 0.2) is 28.5 Å². The molecule has 1 N–H and O–H groups in total. The highest BCUT2D eigenvalue weighted by Crippen LogP contribution is 2.20. The predicted molar refractivity (Wildman–Crippen MR) is 53.2 cm³/mol. The first-order valence-corrected chi connectivity index (χ1v) is 4.82. The lowest BCUT2D eigenvalue weighted by Gasteiger charge is -1.94. The van der Waals surface area contributed by atoms with E-state index in [9.17, 15) is 4.79 Å². The minimum atomic E-state index is -0.206. The molecule has 0 spiro atoms. The van der Waals surface area contributed by atoms with Gasteiger partial charge in [-0.15, -0.1) is 11.3 Å². The van der Waals surface area contributed by atoms with E-state index in [4.69, 9.17) is 11.6 Å². The topological polar surface area (TPSA) is 45.8 Å². The van der Waals surface area contributed by atoms with Crippen molar-refractivity contribution in [2.45, 2.75) is 0 Å². The Hall–Kier alpha value is -1.13. The summed E-state index contributed by atoms with van der Waals surface area (Å²) in [7, 11) is 0. The zero-order valence-electron chi connectivity index (χ0n) is 6.45. The molecule has 0 atom stereocenters. The largest absolute Gasteiger partial charge is 0.297 e. The molecule has 3 nitrogen and oxygen atoms in total. The van der Waals surface area contributed by atoms with Crippen LogP contribution in [-0.2, 0) is 0 Å². The van der Waals surface area contributed by atoms with Gasteiger partial charge in [0.1, 0.15) is 0 Å². The Morgan fingerprint density at radius 2 is 2.38 bits per heavy atom. The van der Waals surface area contributed by atoms with Gasteiger partial charge in [-0.2, -0.15) is 0 Å². The number of aromatic nitrogens is 2. The van der Waals surface area contributed by atoms with Crippen LogP contribution in [0.3, 0.4) is 0 Å². The molecule has 0 fully saturated rings. The van der Waals surface area contributed by atoms with Crippen LogP contribution in [0, 0.1) is 0 Å². The van der Waals surface area contributed by atoms with Crippen LogP contribution in [0.2, 0.25) is 5.28 Å². The van der Waals surface area contributed by atoms with E-state index in [0.717, 1.165) is 4.88 Å². The van der Waals surface area contributed by atoms with E-state index in [1.54, 1.807) is 0 Å². The molecule has 0 unspecified atom stereocenters. The zero-order valence-corrected chi connectivity index (χ0v) is 8.02. The Morgan fingerprint density at radius 3 is 3.00 bits per heavy atom. The quantitative estimate of drug-likeness (QED) is 0.737. The van der Waals surface area contributed by atoms with E-state index in [1.165, 1.54) is 17.5 Å². The van der Waals surface area contributed by atoms with Crippen molar-refractivity contribution in [3.63, 3.8) is 0 Å². The molecule has 2 aromatic rings. The summed E-state index contributed by atoms with van der Waals surface area (Å²) in [5.74, 6) is 0. The monoisotopic (exact) mass is 212 g/mol. The summed E-state index contributed by atoms with van der Waals surface area (Å²) in [5.41, 5.74) is 0.349. The van der Waals surface area contributed by atoms with Gasteiger partial charge >= 0.3 is 0 Å². The number of aromatic amines is 1. The molecule has 0 saturated carbocycles. The highest BCUT2D eigenvalue weighted by atomic mass is 35.5. The Balaban J connectivity index is 2.60. The smallest absolute Gasteiger partial charge is 0.260 e. The molecule has 0 amide bonds. The molecule has 0 radical (unpaired) electrons. The number of H-pyrrole nitrogens is 1. The Bertz CT molecular complexity index is 463. The highest BCUT2D eigenvalue weighted by molar-refractivity contribution is 7.13. The van der Waals surface area contributed by atoms with E-state index in [-0.39, 0.29) is 10.8 Å². The minimum absolute atomic E-state index is 0.116. The van der Waals surface area contributed by atoms with Crippen molar-refractivity contribution in [1.29, 1.82) is 0 Å². The molecule has 0 bridgehead atoms. The summed E-state index contributed by atoms with van der Waals surface area (Å²) in [5, 5.41) is 2.02. The number of nitrogens with one attached hydrogen (secondary N) is 1. The van der Waals surface area contributed by atoms with Gasteiger partial charge in [0.25, 0.3) is 5.56 Å². The normalized spacial score (nSPS) is 10.2. The molecule has 2 heterocycles. The highest BCUT2D eigenvalue weighted by Gasteiger charge is 2.04. The average molecular weight is 213 g/mol. The van der Waals surface area contributed by atoms with Gasteiger partial charge in [-0.1, -0.05) is 6.07 Å². The number of thiophene rings is 1. The third-order valence-electron chi connectivity index (χ3n) is 1.55. The number of hydrogen-bond donors (Lipinski definition) is 1. The maximum atomic E-state index is 11.4. The van der Waals surface area contributed by atoms with Crippen molar-refractivity contribution in [3.05, 3.63) is 39.3 Å². The van der Waals surface area contributed by atoms with Crippen molar-refractivity contribution in [3.8, 4) is 10.4 Å². The standard InChI is InChI=1S/C8H5ClN2OS/c9-8-10-4-5(7(12)11-8)6-2-1-3-13-6/h1-4H,(H,10,11,12). The summed E-state index contributed by atoms with van der Waals surface area (Å²) in [6, 6.07) is 3.75. The van der Waals surface area contributed by atoms with Crippen molar-refractivity contribution >= 4 is 22.9 Å². The molecular formula is C8H5ClN2OS. The van der Waals surface area contributed by atoms with Crippen molar-refractivity contribution < 1.29 is 0 Å². The molecule has 0 aliphatic carbocycles. The van der Waals surface area contributed by atoms with Gasteiger partial charge in [0, 0.05) is 11.1 Å². The molecule has 0 aliphatic rings. The van der Waals surface area contributed by atoms with Crippen LogP contribution in [0.4, 0.5) is 0 Å². The van der Waals surface area contributed by atoms with E-state index < -0.39 is 0 Å². The van der Waals surface area contributed by atoms with Crippen LogP contribution in [-0.4, -0.2) is 9.97 Å². The molecule has 5 heteroatoms. The first-order valence-electron chi connectivity index (χ1n) is 3.56. The molecule has 0 aliphatic heterocycles. The van der Waals surface area contributed by atoms with Crippen LogP contribution in [0.1, 0.15) is 0 Å². The Labute approximate surface area is 83.0 Å². The molecular weight excluding hydrogens is 208 g/mol. The number of hydrogen-bond acceptors (Lipinski definition) is 3. The summed E-state index contributed by atoms with van der Waals surface area (Å²) in [6.07, 6.45) is 1.48. The second kappa shape index (κ2) is 3.32. The molecule has 13 heavy (non-hydrogen) atoms. The number of nitrogens with zero attached hydrogens (tertiary/aromatic N) is 1. The lowest BCUT2D eigenvalue weighted by Crippen LogP contribution is -2.08. The molecule has 0 saturated heterocycles. The molecule has 66 valence electrons. The number of rotatable bonds is 1. The second-order valence-electron chi connectivity index (χ2n) is 2.39. The van der Waals surface area contributed by atoms with Gasteiger partial charge in [-0.25, -0.2) is 4.98 Å². The van der Waals surface area contributed by atoms with Crippen LogP contribution < -0.4 is 5.56 Å². The van der Waals surface area contributed by atoms with E-state index in [2.05, 4.69) is 9.97 Å². The van der Waals surface area contributed by atoms with Crippen molar-refractivity contribution in [2.75, 3.05) is 0 Å². The zero-order chi connectivity index (χ0) is 9.26. The van der Waals surface area contributed by atoms with Gasteiger partial charge in [-0.05, 0) is 23.0 Å². The Kier molecular flexibility index (Phi) is 2.16. The third-order valence-corrected chi connectivity index (χ3v) is 2.65. The lowest BCUT2D eigenvalue weighted by atomic mass is 10.3. The average Bonchev–Trinajstić information content (AvgIpc) is 2.56. The fourth-order valence-corrected chi connectivity index (χ4v) is 1.85. The van der Waals surface area contributed by atoms with Crippen molar-refractivity contribution in [1.82, 2.24) is 9.97 Å². The first-order chi connectivity index (χ1) is 6.27. The minimum Gasteiger partial charge on any atom is -0.297 e. The second-order valence-corrected chi connectivity index (χ2v) is 3.70. The Morgan fingerprint density at radius 1 is 1.54 bits per heavy atom. The predicted octanol–water partition coefficient (Wildman–Crippen LogP) is 2.15. The summed E-state index contributed by atoms with van der Waals surface area (Å²) in [4.78, 5) is 18.5. The number of halogens is 1. The summed E-state index contributed by atoms with van der Waals surface area (Å²) < 4.78 is 0. The maximum Gasteiger partial charge on any atom is 0.260 e. The van der Waals surface area contributed by atoms with Crippen LogP contribution in [0.25, 0.3) is 10.4 Å². The fraction of sp³-hybridized carbons (Fsp3) is 0. The summed E-state index contributed by atoms with van der Waals surface area (Å²) in [6.45, 7) is 0. The fourth-order valence-electron chi connectivity index (χ4n) is 0.980. The van der Waals surface area contributed by atoms with Crippen LogP contribution >= 0.6 is 22.9 Å². The lowest BCUT2D eigenvalue weighted by molar-refractivity contribution is 1.12. The van der Waals surface area contributed by atoms with Crippen molar-refractivity contribution in [2.24, 2.45) is 0 Å². The van der Waals surface area contributed by atoms with E-state index >= 15 is 0 Å². The molecule has 0 aromatic carbocycles. The third kappa shape index (κ3) is 1.64. The van der Waals surface area contributed by atoms with Gasteiger partial charge in [0.2, 0.25) is 5.28 Å². The van der Waals surface area contributed by atoms with Gasteiger partial charge in [0.15, 0.2) is 0 Å². The molecule has 2 aromatic heterocycles. The van der Waals surface area contributed by atoms with Crippen LogP contribution in [0.5, 0.6) is 0 Å². The first kappa shape index (κ1) is 8.47. The van der Waals surface area contributed by atoms with Gasteiger partial charge in [-0.3, -0.25) is 9.78 Å².